The van der Waals surface area contributed by atoms with Crippen LogP contribution in [0.15, 0.2) is 55.1 Å². The molecule has 0 aromatic heterocycles. The van der Waals surface area contributed by atoms with Gasteiger partial charge in [-0.25, -0.2) is 0 Å². The smallest absolute Gasteiger partial charge is 0.170 e. The van der Waals surface area contributed by atoms with Crippen LogP contribution in [0.5, 0.6) is 11.5 Å². The zero-order chi connectivity index (χ0) is 12.1. The Hall–Kier alpha value is -2.35. The quantitative estimate of drug-likeness (QED) is 0.487. The normalized spacial score (nSPS) is 10.1. The van der Waals surface area contributed by atoms with Gasteiger partial charge in [-0.05, 0) is 17.7 Å². The third-order valence-electron chi connectivity index (χ3n) is 2.37. The SMILES string of the molecule is C=Cc1ccccc1C=O.c1ccc2c(c1)O2. The summed E-state index contributed by atoms with van der Waals surface area (Å²) in [6.07, 6.45) is 2.50. The molecule has 17 heavy (non-hydrogen) atoms. The number of hydrogen-bond donors (Lipinski definition) is 0. The summed E-state index contributed by atoms with van der Waals surface area (Å²) in [4.78, 5) is 10.3. The lowest BCUT2D eigenvalue weighted by Crippen LogP contribution is -1.82. The Morgan fingerprint density at radius 3 is 1.82 bits per heavy atom. The summed E-state index contributed by atoms with van der Waals surface area (Å²) < 4.78 is 4.94. The van der Waals surface area contributed by atoms with E-state index in [2.05, 4.69) is 6.58 Å². The summed E-state index contributed by atoms with van der Waals surface area (Å²) in [5.74, 6) is 2.06. The molecule has 0 aliphatic carbocycles. The highest BCUT2D eigenvalue weighted by Gasteiger charge is 2.15. The van der Waals surface area contributed by atoms with Crippen LogP contribution in [0.25, 0.3) is 6.08 Å². The van der Waals surface area contributed by atoms with Crippen LogP contribution in [0.4, 0.5) is 0 Å². The fourth-order valence-corrected chi connectivity index (χ4v) is 1.42. The molecule has 2 nitrogen and oxygen atoms in total. The number of rotatable bonds is 2. The van der Waals surface area contributed by atoms with Crippen LogP contribution in [-0.4, -0.2) is 6.29 Å². The molecule has 0 fully saturated rings. The Bertz CT molecular complexity index is 496. The number of ether oxygens (including phenoxy) is 1. The fourth-order valence-electron chi connectivity index (χ4n) is 1.42. The Morgan fingerprint density at radius 1 is 0.882 bits per heavy atom. The molecule has 0 spiro atoms. The van der Waals surface area contributed by atoms with E-state index in [9.17, 15) is 4.79 Å². The number of aldehydes is 1. The molecule has 84 valence electrons. The molecule has 1 heterocycles. The number of fused-ring (bicyclic) bond motifs is 1. The van der Waals surface area contributed by atoms with Gasteiger partial charge in [-0.1, -0.05) is 49.1 Å². The summed E-state index contributed by atoms with van der Waals surface area (Å²) in [5.41, 5.74) is 1.58. The molecular weight excluding hydrogens is 212 g/mol. The summed E-state index contributed by atoms with van der Waals surface area (Å²) in [7, 11) is 0. The van der Waals surface area contributed by atoms with Crippen molar-refractivity contribution in [2.24, 2.45) is 0 Å². The largest absolute Gasteiger partial charge is 0.450 e. The second-order valence-electron chi connectivity index (χ2n) is 3.50. The van der Waals surface area contributed by atoms with Crippen molar-refractivity contribution in [2.45, 2.75) is 0 Å². The van der Waals surface area contributed by atoms with Crippen molar-refractivity contribution < 1.29 is 9.53 Å². The standard InChI is InChI=1S/C9H8O.C6H4O/c1-2-8-5-3-4-6-9(8)7-10;1-2-4-6-5(3-1)7-6/h2-7H,1H2;1-4H. The van der Waals surface area contributed by atoms with Crippen LogP contribution in [0.3, 0.4) is 0 Å². The van der Waals surface area contributed by atoms with E-state index in [4.69, 9.17) is 4.74 Å². The van der Waals surface area contributed by atoms with Crippen molar-refractivity contribution in [1.29, 1.82) is 0 Å². The molecule has 0 amide bonds. The second-order valence-corrected chi connectivity index (χ2v) is 3.50. The van der Waals surface area contributed by atoms with Gasteiger partial charge in [-0.15, -0.1) is 0 Å². The van der Waals surface area contributed by atoms with Crippen LogP contribution in [-0.2, 0) is 0 Å². The molecule has 1 aliphatic rings. The maximum Gasteiger partial charge on any atom is 0.170 e. The average molecular weight is 224 g/mol. The minimum absolute atomic E-state index is 0.692. The minimum atomic E-state index is 0.692. The van der Waals surface area contributed by atoms with Crippen LogP contribution in [0.2, 0.25) is 0 Å². The highest BCUT2D eigenvalue weighted by molar-refractivity contribution is 5.81. The molecule has 1 aliphatic heterocycles. The molecule has 0 bridgehead atoms. The van der Waals surface area contributed by atoms with Gasteiger partial charge in [-0.3, -0.25) is 4.79 Å². The van der Waals surface area contributed by atoms with Crippen LogP contribution < -0.4 is 4.74 Å². The predicted molar refractivity (Wildman–Crippen MR) is 68.4 cm³/mol. The van der Waals surface area contributed by atoms with E-state index in [-0.39, 0.29) is 0 Å². The monoisotopic (exact) mass is 224 g/mol. The van der Waals surface area contributed by atoms with Crippen molar-refractivity contribution >= 4 is 12.4 Å². The van der Waals surface area contributed by atoms with Gasteiger partial charge in [0, 0.05) is 5.56 Å². The molecule has 0 saturated heterocycles. The highest BCUT2D eigenvalue weighted by atomic mass is 16.6. The van der Waals surface area contributed by atoms with Gasteiger partial charge in [0.25, 0.3) is 0 Å². The molecular formula is C15H12O2. The lowest BCUT2D eigenvalue weighted by Gasteiger charge is -1.94. The zero-order valence-corrected chi connectivity index (χ0v) is 9.30. The first-order valence-corrected chi connectivity index (χ1v) is 5.28. The Balaban J connectivity index is 0.000000134. The predicted octanol–water partition coefficient (Wildman–Crippen LogP) is 3.93. The van der Waals surface area contributed by atoms with Crippen molar-refractivity contribution in [3.05, 3.63) is 66.2 Å². The first-order valence-electron chi connectivity index (χ1n) is 5.28. The van der Waals surface area contributed by atoms with Crippen molar-refractivity contribution in [1.82, 2.24) is 0 Å². The van der Waals surface area contributed by atoms with Crippen molar-refractivity contribution in [3.8, 4) is 11.5 Å². The molecule has 2 aromatic rings. The average Bonchev–Trinajstić information content (AvgIpc) is 3.18. The number of carbonyl (C=O) groups is 1. The summed E-state index contributed by atoms with van der Waals surface area (Å²) in [6, 6.07) is 15.2. The van der Waals surface area contributed by atoms with Crippen LogP contribution in [0.1, 0.15) is 15.9 Å². The highest BCUT2D eigenvalue weighted by Crippen LogP contribution is 2.43. The molecule has 0 radical (unpaired) electrons. The lowest BCUT2D eigenvalue weighted by atomic mass is 10.1. The van der Waals surface area contributed by atoms with E-state index in [1.54, 1.807) is 12.1 Å². The third-order valence-corrected chi connectivity index (χ3v) is 2.37. The second kappa shape index (κ2) is 5.12. The van der Waals surface area contributed by atoms with Gasteiger partial charge in [-0.2, -0.15) is 0 Å². The Labute approximate surface area is 100 Å². The third kappa shape index (κ3) is 2.82. The maximum absolute atomic E-state index is 10.3. The number of benzene rings is 2. The van der Waals surface area contributed by atoms with Crippen LogP contribution in [0, 0.1) is 0 Å². The zero-order valence-electron chi connectivity index (χ0n) is 9.30. The molecule has 3 rings (SSSR count). The minimum Gasteiger partial charge on any atom is -0.450 e. The number of hydrogen-bond acceptors (Lipinski definition) is 2. The molecule has 0 atom stereocenters. The van der Waals surface area contributed by atoms with E-state index in [1.807, 2.05) is 42.5 Å². The van der Waals surface area contributed by atoms with Gasteiger partial charge in [0.2, 0.25) is 0 Å². The topological polar surface area (TPSA) is 29.6 Å². The maximum atomic E-state index is 10.3. The molecule has 0 unspecified atom stereocenters. The van der Waals surface area contributed by atoms with Crippen molar-refractivity contribution in [2.75, 3.05) is 0 Å². The van der Waals surface area contributed by atoms with E-state index in [1.165, 1.54) is 0 Å². The van der Waals surface area contributed by atoms with Gasteiger partial charge >= 0.3 is 0 Å². The Morgan fingerprint density at radius 2 is 1.41 bits per heavy atom. The lowest BCUT2D eigenvalue weighted by molar-refractivity contribution is 0.112. The molecule has 2 heteroatoms. The van der Waals surface area contributed by atoms with E-state index in [0.29, 0.717) is 5.56 Å². The fraction of sp³-hybridized carbons (Fsp3) is 0. The van der Waals surface area contributed by atoms with E-state index in [0.717, 1.165) is 23.3 Å². The van der Waals surface area contributed by atoms with Crippen molar-refractivity contribution in [3.63, 3.8) is 0 Å². The molecule has 2 aromatic carbocycles. The van der Waals surface area contributed by atoms with Gasteiger partial charge in [0.1, 0.15) is 0 Å². The number of carbonyl (C=O) groups excluding carboxylic acids is 1. The summed E-state index contributed by atoms with van der Waals surface area (Å²) in [5, 5.41) is 0. The van der Waals surface area contributed by atoms with Crippen LogP contribution >= 0.6 is 0 Å². The van der Waals surface area contributed by atoms with Gasteiger partial charge in [0.15, 0.2) is 17.8 Å². The van der Waals surface area contributed by atoms with E-state index >= 15 is 0 Å². The first kappa shape index (κ1) is 11.1. The summed E-state index contributed by atoms with van der Waals surface area (Å²) >= 11 is 0. The molecule has 0 saturated carbocycles. The van der Waals surface area contributed by atoms with Gasteiger partial charge in [0.05, 0.1) is 0 Å². The molecule has 0 N–H and O–H groups in total. The van der Waals surface area contributed by atoms with E-state index < -0.39 is 0 Å². The Kier molecular flexibility index (Phi) is 3.36. The van der Waals surface area contributed by atoms with Gasteiger partial charge < -0.3 is 4.74 Å². The summed E-state index contributed by atoms with van der Waals surface area (Å²) in [6.45, 7) is 3.58. The number of para-hydroxylation sites is 2. The first-order chi connectivity index (χ1) is 8.35.